The zero-order chi connectivity index (χ0) is 23.9. The zero-order valence-corrected chi connectivity index (χ0v) is 19.9. The number of amides is 1. The lowest BCUT2D eigenvalue weighted by Gasteiger charge is -2.37. The molecule has 4 N–H and O–H groups in total. The van der Waals surface area contributed by atoms with E-state index >= 15 is 0 Å². The summed E-state index contributed by atoms with van der Waals surface area (Å²) < 4.78 is 27.7. The lowest BCUT2D eigenvalue weighted by molar-refractivity contribution is -0.125. The minimum atomic E-state index is -3.47. The molecule has 182 valence electrons. The van der Waals surface area contributed by atoms with Crippen LogP contribution in [0.5, 0.6) is 0 Å². The van der Waals surface area contributed by atoms with Gasteiger partial charge in [0.1, 0.15) is 0 Å². The first-order valence-electron chi connectivity index (χ1n) is 12.0. The maximum absolute atomic E-state index is 13.1. The molecule has 1 saturated carbocycles. The van der Waals surface area contributed by atoms with Crippen molar-refractivity contribution in [3.63, 3.8) is 0 Å². The normalized spacial score (nSPS) is 26.7. The number of carbonyl (C=O) groups is 1. The summed E-state index contributed by atoms with van der Waals surface area (Å²) in [6.45, 7) is 0.197. The molecule has 3 aromatic heterocycles. The molecule has 2 aliphatic rings. The molecule has 1 amide bonds. The number of primary amides is 1. The molecule has 4 heterocycles. The van der Waals surface area contributed by atoms with Crippen molar-refractivity contribution < 1.29 is 18.3 Å². The van der Waals surface area contributed by atoms with Crippen LogP contribution in [0.2, 0.25) is 0 Å². The number of carbonyl (C=O) groups excluding carboxylic acids is 1. The molecule has 1 aliphatic carbocycles. The number of hydrogen-bond donors (Lipinski definition) is 3. The molecule has 1 aliphatic heterocycles. The number of fused-ring (bicyclic) bond motifs is 3. The summed E-state index contributed by atoms with van der Waals surface area (Å²) in [7, 11) is -3.47. The summed E-state index contributed by atoms with van der Waals surface area (Å²) >= 11 is 0. The van der Waals surface area contributed by atoms with Gasteiger partial charge in [-0.15, -0.1) is 0 Å². The van der Waals surface area contributed by atoms with Gasteiger partial charge in [-0.25, -0.2) is 22.7 Å². The Morgan fingerprint density at radius 1 is 1.18 bits per heavy atom. The monoisotopic (exact) mass is 485 g/mol. The van der Waals surface area contributed by atoms with Gasteiger partial charge in [-0.05, 0) is 56.1 Å². The van der Waals surface area contributed by atoms with Crippen LogP contribution in [0.1, 0.15) is 43.7 Å². The molecule has 0 bridgehead atoms. The van der Waals surface area contributed by atoms with Crippen molar-refractivity contribution in [1.29, 1.82) is 0 Å². The van der Waals surface area contributed by atoms with E-state index in [1.165, 1.54) is 10.00 Å². The van der Waals surface area contributed by atoms with Crippen LogP contribution in [0.3, 0.4) is 0 Å². The minimum absolute atomic E-state index is 0.0972. The largest absolute Gasteiger partial charge is 0.396 e. The Morgan fingerprint density at radius 3 is 2.71 bits per heavy atom. The fourth-order valence-corrected chi connectivity index (χ4v) is 7.79. The summed E-state index contributed by atoms with van der Waals surface area (Å²) in [5, 5.41) is 12.9. The molecule has 10 heteroatoms. The van der Waals surface area contributed by atoms with Gasteiger partial charge < -0.3 is 15.8 Å². The van der Waals surface area contributed by atoms with Gasteiger partial charge in [-0.1, -0.05) is 0 Å². The van der Waals surface area contributed by atoms with E-state index in [9.17, 15) is 18.3 Å². The SMILES string of the molecule is NC(=O)C1CCN(S(=O)(=O)CC2CCC(c3[nH]ccc4cnc5nccc5c34)CC2)CC1CO. The lowest BCUT2D eigenvalue weighted by Crippen LogP contribution is -2.49. The smallest absolute Gasteiger partial charge is 0.220 e. The number of nitrogens with zero attached hydrogens (tertiary/aromatic N) is 3. The van der Waals surface area contributed by atoms with E-state index in [1.807, 2.05) is 24.5 Å². The number of pyridine rings is 2. The molecule has 0 spiro atoms. The molecule has 9 nitrogen and oxygen atoms in total. The van der Waals surface area contributed by atoms with Crippen molar-refractivity contribution in [2.75, 3.05) is 25.4 Å². The van der Waals surface area contributed by atoms with Crippen LogP contribution in [0.25, 0.3) is 21.8 Å². The number of aliphatic hydroxyl groups excluding tert-OH is 1. The van der Waals surface area contributed by atoms with Crippen molar-refractivity contribution in [1.82, 2.24) is 19.3 Å². The Labute approximate surface area is 198 Å². The van der Waals surface area contributed by atoms with Crippen molar-refractivity contribution in [3.05, 3.63) is 36.4 Å². The molecule has 0 radical (unpaired) electrons. The van der Waals surface area contributed by atoms with Crippen LogP contribution in [0.4, 0.5) is 0 Å². The van der Waals surface area contributed by atoms with E-state index < -0.39 is 27.8 Å². The van der Waals surface area contributed by atoms with Crippen molar-refractivity contribution in [2.24, 2.45) is 23.5 Å². The highest BCUT2D eigenvalue weighted by Crippen LogP contribution is 2.40. The van der Waals surface area contributed by atoms with E-state index in [0.29, 0.717) is 12.3 Å². The van der Waals surface area contributed by atoms with Crippen molar-refractivity contribution >= 4 is 37.7 Å². The third kappa shape index (κ3) is 4.30. The van der Waals surface area contributed by atoms with Gasteiger partial charge in [0.15, 0.2) is 5.65 Å². The minimum Gasteiger partial charge on any atom is -0.396 e. The maximum atomic E-state index is 13.1. The Hall–Kier alpha value is -2.56. The van der Waals surface area contributed by atoms with Crippen LogP contribution in [-0.2, 0) is 14.8 Å². The first-order chi connectivity index (χ1) is 16.4. The van der Waals surface area contributed by atoms with Crippen molar-refractivity contribution in [3.8, 4) is 0 Å². The summed E-state index contributed by atoms with van der Waals surface area (Å²) in [6, 6.07) is 4.03. The molecule has 0 aromatic carbocycles. The average molecular weight is 486 g/mol. The first kappa shape index (κ1) is 23.2. The standard InChI is InChI=1S/C24H31N5O4S/c25-23(31)19-7-10-29(12-18(19)13-30)34(32,33)14-15-1-3-16(4-2-15)22-21-17(5-8-26-22)11-28-24-20(21)6-9-27-24/h5-6,8-9,11,15-16,18-19,26,30H,1-4,7,10,12-14H2,(H2,25,31). The highest BCUT2D eigenvalue weighted by atomic mass is 32.2. The molecular formula is C24H31N5O4S. The number of piperidine rings is 1. The number of sulfonamides is 1. The zero-order valence-electron chi connectivity index (χ0n) is 19.1. The average Bonchev–Trinajstić information content (AvgIpc) is 3.33. The molecular weight excluding hydrogens is 454 g/mol. The molecule has 2 atom stereocenters. The lowest BCUT2D eigenvalue weighted by atomic mass is 9.80. The predicted octanol–water partition coefficient (Wildman–Crippen LogP) is 2.13. The van der Waals surface area contributed by atoms with Crippen molar-refractivity contribution in [2.45, 2.75) is 38.0 Å². The van der Waals surface area contributed by atoms with Crippen LogP contribution in [-0.4, -0.2) is 64.1 Å². The highest BCUT2D eigenvalue weighted by Gasteiger charge is 2.38. The van der Waals surface area contributed by atoms with Gasteiger partial charge in [-0.2, -0.15) is 0 Å². The van der Waals surface area contributed by atoms with Gasteiger partial charge >= 0.3 is 0 Å². The molecule has 5 rings (SSSR count). The summed E-state index contributed by atoms with van der Waals surface area (Å²) in [4.78, 5) is 23.9. The van der Waals surface area contributed by atoms with Gasteiger partial charge in [0, 0.05) is 72.0 Å². The number of nitrogens with two attached hydrogens (primary N) is 1. The third-order valence-electron chi connectivity index (χ3n) is 7.73. The van der Waals surface area contributed by atoms with Crippen LogP contribution in [0.15, 0.2) is 30.7 Å². The summed E-state index contributed by atoms with van der Waals surface area (Å²) in [5.41, 5.74) is 7.35. The van der Waals surface area contributed by atoms with E-state index in [2.05, 4.69) is 15.0 Å². The second-order valence-corrected chi connectivity index (χ2v) is 11.8. The van der Waals surface area contributed by atoms with E-state index in [4.69, 9.17) is 5.73 Å². The number of nitrogens with one attached hydrogen (secondary N) is 1. The number of aliphatic hydroxyl groups is 1. The predicted molar refractivity (Wildman–Crippen MR) is 129 cm³/mol. The van der Waals surface area contributed by atoms with Gasteiger partial charge in [0.05, 0.1) is 5.75 Å². The Kier molecular flexibility index (Phi) is 6.30. The van der Waals surface area contributed by atoms with E-state index in [-0.39, 0.29) is 31.4 Å². The molecule has 34 heavy (non-hydrogen) atoms. The van der Waals surface area contributed by atoms with Gasteiger partial charge in [-0.3, -0.25) is 4.79 Å². The van der Waals surface area contributed by atoms with E-state index in [1.54, 1.807) is 6.20 Å². The molecule has 2 fully saturated rings. The molecule has 1 saturated heterocycles. The number of aromatic amines is 1. The summed E-state index contributed by atoms with van der Waals surface area (Å²) in [6.07, 6.45) is 9.46. The van der Waals surface area contributed by atoms with E-state index in [0.717, 1.165) is 47.5 Å². The summed E-state index contributed by atoms with van der Waals surface area (Å²) in [5.74, 6) is -0.837. The quantitative estimate of drug-likeness (QED) is 0.488. The second kappa shape index (κ2) is 9.24. The number of hydrogen-bond acceptors (Lipinski definition) is 6. The Morgan fingerprint density at radius 2 is 1.97 bits per heavy atom. The second-order valence-electron chi connectivity index (χ2n) is 9.76. The molecule has 2 unspecified atom stereocenters. The number of rotatable bonds is 6. The topological polar surface area (TPSA) is 142 Å². The Balaban J connectivity index is 1.26. The highest BCUT2D eigenvalue weighted by molar-refractivity contribution is 7.89. The third-order valence-corrected chi connectivity index (χ3v) is 9.74. The number of H-pyrrole nitrogens is 1. The van der Waals surface area contributed by atoms with Gasteiger partial charge in [0.2, 0.25) is 15.9 Å². The Bertz CT molecular complexity index is 1300. The maximum Gasteiger partial charge on any atom is 0.220 e. The van der Waals surface area contributed by atoms with Crippen LogP contribution < -0.4 is 5.73 Å². The molecule has 3 aromatic rings. The fourth-order valence-electron chi connectivity index (χ4n) is 5.85. The van der Waals surface area contributed by atoms with Crippen LogP contribution >= 0.6 is 0 Å². The number of aromatic nitrogens is 3. The first-order valence-corrected chi connectivity index (χ1v) is 13.6. The van der Waals surface area contributed by atoms with Gasteiger partial charge in [0.25, 0.3) is 0 Å². The van der Waals surface area contributed by atoms with Crippen LogP contribution in [0, 0.1) is 17.8 Å². The fraction of sp³-hybridized carbons (Fsp3) is 0.542.